The molecule has 1 aliphatic rings. The first-order valence-corrected chi connectivity index (χ1v) is 15.7. The van der Waals surface area contributed by atoms with Gasteiger partial charge in [0.1, 0.15) is 10.9 Å². The fourth-order valence-corrected chi connectivity index (χ4v) is 6.52. The van der Waals surface area contributed by atoms with E-state index >= 15 is 0 Å². The summed E-state index contributed by atoms with van der Waals surface area (Å²) in [5.41, 5.74) is 9.13. The Hall–Kier alpha value is -5.31. The van der Waals surface area contributed by atoms with E-state index < -0.39 is 10.9 Å². The van der Waals surface area contributed by atoms with E-state index in [4.69, 9.17) is 11.6 Å². The molecule has 1 N–H and O–H groups in total. The van der Waals surface area contributed by atoms with Gasteiger partial charge in [-0.1, -0.05) is 146 Å². The molecule has 0 heterocycles. The molecule has 0 fully saturated rings. The van der Waals surface area contributed by atoms with Gasteiger partial charge in [-0.2, -0.15) is 0 Å². The van der Waals surface area contributed by atoms with E-state index in [0.29, 0.717) is 0 Å². The number of anilines is 3. The molecule has 45 heavy (non-hydrogen) atoms. The predicted octanol–water partition coefficient (Wildman–Crippen LogP) is 11.2. The van der Waals surface area contributed by atoms with Gasteiger partial charge >= 0.3 is 0 Å². The molecular weight excluding hydrogens is 568 g/mol. The van der Waals surface area contributed by atoms with Gasteiger partial charge in [0, 0.05) is 22.8 Å². The van der Waals surface area contributed by atoms with Crippen LogP contribution in [0.3, 0.4) is 0 Å². The minimum absolute atomic E-state index is 0.459. The smallest absolute Gasteiger partial charge is 0.105 e. The fourth-order valence-electron chi connectivity index (χ4n) is 6.09. The molecule has 218 valence electrons. The summed E-state index contributed by atoms with van der Waals surface area (Å²) in [6.07, 6.45) is 6.46. The number of halogens is 1. The maximum atomic E-state index is 7.74. The molecule has 0 spiro atoms. The molecule has 7 rings (SSSR count). The Morgan fingerprint density at radius 3 is 1.40 bits per heavy atom. The van der Waals surface area contributed by atoms with Crippen molar-refractivity contribution in [2.45, 2.75) is 10.9 Å². The summed E-state index contributed by atoms with van der Waals surface area (Å²) >= 11 is 7.74. The number of benzene rings is 6. The zero-order chi connectivity index (χ0) is 30.5. The van der Waals surface area contributed by atoms with E-state index in [9.17, 15) is 0 Å². The van der Waals surface area contributed by atoms with E-state index in [0.717, 1.165) is 28.3 Å². The number of nitrogens with one attached hydrogen (secondary N) is 1. The Balaban J connectivity index is 1.31. The Bertz CT molecular complexity index is 1860. The first kappa shape index (κ1) is 28.5. The maximum Gasteiger partial charge on any atom is 0.105 e. The van der Waals surface area contributed by atoms with Crippen molar-refractivity contribution in [3.05, 3.63) is 199 Å². The average molecular weight is 601 g/mol. The highest BCUT2D eigenvalue weighted by molar-refractivity contribution is 6.24. The number of para-hydroxylation sites is 2. The van der Waals surface area contributed by atoms with E-state index in [-0.39, 0.29) is 0 Å². The predicted molar refractivity (Wildman–Crippen MR) is 191 cm³/mol. The zero-order valence-electron chi connectivity index (χ0n) is 24.8. The average Bonchev–Trinajstić information content (AvgIpc) is 3.12. The number of hydrogen-bond donors (Lipinski definition) is 1. The fraction of sp³-hybridized carbons (Fsp3) is 0.0476. The molecule has 6 aromatic carbocycles. The van der Waals surface area contributed by atoms with Crippen LogP contribution in [0.1, 0.15) is 5.56 Å². The molecular formula is C42H33ClN2. The van der Waals surface area contributed by atoms with Crippen molar-refractivity contribution in [3.8, 4) is 22.3 Å². The van der Waals surface area contributed by atoms with Gasteiger partial charge < -0.3 is 10.2 Å². The van der Waals surface area contributed by atoms with Crippen LogP contribution in [-0.2, 0) is 5.54 Å². The van der Waals surface area contributed by atoms with Gasteiger partial charge in [-0.15, -0.1) is 11.6 Å². The van der Waals surface area contributed by atoms with Crippen molar-refractivity contribution in [1.82, 2.24) is 0 Å². The van der Waals surface area contributed by atoms with Crippen molar-refractivity contribution >= 4 is 28.7 Å². The molecule has 3 heteroatoms. The van der Waals surface area contributed by atoms with Gasteiger partial charge in [-0.3, -0.25) is 0 Å². The second kappa shape index (κ2) is 12.7. The Morgan fingerprint density at radius 1 is 0.489 bits per heavy atom. The summed E-state index contributed by atoms with van der Waals surface area (Å²) in [6, 6.07) is 59.2. The van der Waals surface area contributed by atoms with Crippen molar-refractivity contribution in [2.75, 3.05) is 10.2 Å². The summed E-state index contributed by atoms with van der Waals surface area (Å²) in [5, 5.41) is 3.44. The second-order valence-electron chi connectivity index (χ2n) is 11.2. The standard InChI is InChI=1S/C42H33ClN2/c43-41-40(45(38-18-9-3-10-19-38)39-20-11-4-12-21-39)22-13-31-42(41,36-27-23-34(24-28-36)32-14-5-1-6-15-32)44-37-29-25-35(26-30-37)33-16-7-2-8-17-33/h1-31,41,44H. The third kappa shape index (κ3) is 5.81. The zero-order valence-corrected chi connectivity index (χ0v) is 25.6. The van der Waals surface area contributed by atoms with Crippen LogP contribution in [0, 0.1) is 0 Å². The van der Waals surface area contributed by atoms with Crippen molar-refractivity contribution in [1.29, 1.82) is 0 Å². The van der Waals surface area contributed by atoms with Crippen molar-refractivity contribution < 1.29 is 0 Å². The van der Waals surface area contributed by atoms with Gasteiger partial charge in [0.05, 0.1) is 0 Å². The number of hydrogen-bond acceptors (Lipinski definition) is 2. The maximum absolute atomic E-state index is 7.74. The molecule has 0 aromatic heterocycles. The van der Waals surface area contributed by atoms with E-state index in [2.05, 4.69) is 174 Å². The van der Waals surface area contributed by atoms with Gasteiger partial charge in [0.15, 0.2) is 0 Å². The van der Waals surface area contributed by atoms with Gasteiger partial charge in [0.2, 0.25) is 0 Å². The third-order valence-electron chi connectivity index (χ3n) is 8.39. The summed E-state index contributed by atoms with van der Waals surface area (Å²) < 4.78 is 0. The molecule has 0 aliphatic heterocycles. The highest BCUT2D eigenvalue weighted by atomic mass is 35.5. The van der Waals surface area contributed by atoms with Crippen LogP contribution in [0.5, 0.6) is 0 Å². The summed E-state index contributed by atoms with van der Waals surface area (Å²) in [4.78, 5) is 2.26. The number of alkyl halides is 1. The van der Waals surface area contributed by atoms with Crippen LogP contribution < -0.4 is 10.2 Å². The summed E-state index contributed by atoms with van der Waals surface area (Å²) in [6.45, 7) is 0. The van der Waals surface area contributed by atoms with Crippen molar-refractivity contribution in [2.24, 2.45) is 0 Å². The Labute approximate surface area is 270 Å². The minimum Gasteiger partial charge on any atom is -0.370 e. The van der Waals surface area contributed by atoms with Gasteiger partial charge in [-0.25, -0.2) is 0 Å². The molecule has 0 saturated carbocycles. The largest absolute Gasteiger partial charge is 0.370 e. The molecule has 1 aliphatic carbocycles. The Kier molecular flexibility index (Phi) is 8.06. The first-order chi connectivity index (χ1) is 22.2. The van der Waals surface area contributed by atoms with Crippen LogP contribution in [0.15, 0.2) is 194 Å². The van der Waals surface area contributed by atoms with Crippen LogP contribution in [-0.4, -0.2) is 5.38 Å². The van der Waals surface area contributed by atoms with Gasteiger partial charge in [0.25, 0.3) is 0 Å². The van der Waals surface area contributed by atoms with Crippen molar-refractivity contribution in [3.63, 3.8) is 0 Å². The van der Waals surface area contributed by atoms with Crippen LogP contribution in [0.2, 0.25) is 0 Å². The molecule has 0 bridgehead atoms. The first-order valence-electron chi connectivity index (χ1n) is 15.2. The molecule has 0 radical (unpaired) electrons. The number of nitrogens with zero attached hydrogens (tertiary/aromatic N) is 1. The Morgan fingerprint density at radius 2 is 0.911 bits per heavy atom. The third-order valence-corrected chi connectivity index (χ3v) is 8.95. The SMILES string of the molecule is ClC1C(N(c2ccccc2)c2ccccc2)=CC=CC1(Nc1ccc(-c2ccccc2)cc1)c1ccc(-c2ccccc2)cc1. The molecule has 2 nitrogen and oxygen atoms in total. The summed E-state index contributed by atoms with van der Waals surface area (Å²) in [5.74, 6) is 0. The highest BCUT2D eigenvalue weighted by Crippen LogP contribution is 2.45. The topological polar surface area (TPSA) is 15.3 Å². The second-order valence-corrected chi connectivity index (χ2v) is 11.6. The quantitative estimate of drug-likeness (QED) is 0.175. The van der Waals surface area contributed by atoms with E-state index in [1.165, 1.54) is 22.3 Å². The van der Waals surface area contributed by atoms with E-state index in [1.54, 1.807) is 0 Å². The normalized spacial score (nSPS) is 17.4. The van der Waals surface area contributed by atoms with Crippen LogP contribution >= 0.6 is 11.6 Å². The minimum atomic E-state index is -0.739. The lowest BCUT2D eigenvalue weighted by molar-refractivity contribution is 0.600. The summed E-state index contributed by atoms with van der Waals surface area (Å²) in [7, 11) is 0. The molecule has 0 saturated heterocycles. The monoisotopic (exact) mass is 600 g/mol. The van der Waals surface area contributed by atoms with Crippen LogP contribution in [0.25, 0.3) is 22.3 Å². The number of allylic oxidation sites excluding steroid dienone is 2. The molecule has 2 atom stereocenters. The lowest BCUT2D eigenvalue weighted by atomic mass is 9.80. The van der Waals surface area contributed by atoms with Gasteiger partial charge in [-0.05, 0) is 70.3 Å². The molecule has 2 unspecified atom stereocenters. The molecule has 0 amide bonds. The lowest BCUT2D eigenvalue weighted by Gasteiger charge is -2.43. The van der Waals surface area contributed by atoms with Crippen LogP contribution in [0.4, 0.5) is 17.1 Å². The lowest BCUT2D eigenvalue weighted by Crippen LogP contribution is -2.47. The highest BCUT2D eigenvalue weighted by Gasteiger charge is 2.43. The molecule has 6 aromatic rings. The van der Waals surface area contributed by atoms with E-state index in [1.807, 2.05) is 24.3 Å². The number of rotatable bonds is 8.